The van der Waals surface area contributed by atoms with Gasteiger partial charge in [-0.05, 0) is 36.2 Å². The van der Waals surface area contributed by atoms with Crippen molar-refractivity contribution in [3.8, 4) is 0 Å². The third kappa shape index (κ3) is 3.36. The summed E-state index contributed by atoms with van der Waals surface area (Å²) in [6, 6.07) is 10.1. The van der Waals surface area contributed by atoms with Crippen molar-refractivity contribution in [2.45, 2.75) is 20.0 Å². The molecule has 0 bridgehead atoms. The van der Waals surface area contributed by atoms with Crippen molar-refractivity contribution in [1.82, 2.24) is 20.4 Å². The van der Waals surface area contributed by atoms with E-state index in [2.05, 4.69) is 27.9 Å². The standard InChI is InChI=1S/C17H22N4O/c1-13(16-9-18-10-16)17(22)19-11-14-5-2-3-6-15(14)12-21-8-4-7-20-21/h2-8,13,16,18H,9-12H2,1H3,(H,19,22). The van der Waals surface area contributed by atoms with Gasteiger partial charge in [0.25, 0.3) is 0 Å². The molecular formula is C17H22N4O. The fourth-order valence-corrected chi connectivity index (χ4v) is 2.67. The maximum absolute atomic E-state index is 12.2. The summed E-state index contributed by atoms with van der Waals surface area (Å²) >= 11 is 0. The molecule has 116 valence electrons. The summed E-state index contributed by atoms with van der Waals surface area (Å²) in [6.07, 6.45) is 3.72. The predicted molar refractivity (Wildman–Crippen MR) is 85.1 cm³/mol. The van der Waals surface area contributed by atoms with Crippen molar-refractivity contribution in [1.29, 1.82) is 0 Å². The molecule has 1 aliphatic heterocycles. The number of carbonyl (C=O) groups excluding carboxylic acids is 1. The summed E-state index contributed by atoms with van der Waals surface area (Å²) in [5, 5.41) is 10.5. The summed E-state index contributed by atoms with van der Waals surface area (Å²) in [7, 11) is 0. The van der Waals surface area contributed by atoms with Gasteiger partial charge in [0.05, 0.1) is 6.54 Å². The second-order valence-corrected chi connectivity index (χ2v) is 5.90. The first-order valence-corrected chi connectivity index (χ1v) is 7.76. The average Bonchev–Trinajstić information content (AvgIpc) is 2.97. The molecule has 22 heavy (non-hydrogen) atoms. The van der Waals surface area contributed by atoms with Crippen LogP contribution in [0.5, 0.6) is 0 Å². The van der Waals surface area contributed by atoms with Gasteiger partial charge in [-0.25, -0.2) is 0 Å². The fraction of sp³-hybridized carbons (Fsp3) is 0.412. The molecule has 1 fully saturated rings. The first-order chi connectivity index (χ1) is 10.7. The van der Waals surface area contributed by atoms with Crippen molar-refractivity contribution >= 4 is 5.91 Å². The minimum Gasteiger partial charge on any atom is -0.352 e. The minimum atomic E-state index is 0.0690. The summed E-state index contributed by atoms with van der Waals surface area (Å²) in [5.74, 6) is 0.680. The van der Waals surface area contributed by atoms with Crippen LogP contribution in [0.15, 0.2) is 42.7 Å². The van der Waals surface area contributed by atoms with E-state index >= 15 is 0 Å². The number of amides is 1. The lowest BCUT2D eigenvalue weighted by molar-refractivity contribution is -0.126. The van der Waals surface area contributed by atoms with E-state index in [-0.39, 0.29) is 11.8 Å². The Balaban J connectivity index is 1.61. The van der Waals surface area contributed by atoms with Crippen molar-refractivity contribution in [3.63, 3.8) is 0 Å². The Labute approximate surface area is 130 Å². The SMILES string of the molecule is CC(C(=O)NCc1ccccc1Cn1cccn1)C1CNC1. The van der Waals surface area contributed by atoms with Gasteiger partial charge in [-0.1, -0.05) is 31.2 Å². The average molecular weight is 298 g/mol. The minimum absolute atomic E-state index is 0.0690. The monoisotopic (exact) mass is 298 g/mol. The quantitative estimate of drug-likeness (QED) is 0.847. The van der Waals surface area contributed by atoms with Gasteiger partial charge in [0.1, 0.15) is 0 Å². The van der Waals surface area contributed by atoms with Crippen LogP contribution in [-0.4, -0.2) is 28.8 Å². The van der Waals surface area contributed by atoms with E-state index in [1.54, 1.807) is 6.20 Å². The van der Waals surface area contributed by atoms with E-state index in [0.29, 0.717) is 12.5 Å². The van der Waals surface area contributed by atoms with Crippen LogP contribution in [0.25, 0.3) is 0 Å². The molecule has 0 radical (unpaired) electrons. The predicted octanol–water partition coefficient (Wildman–Crippen LogP) is 1.40. The van der Waals surface area contributed by atoms with E-state index in [0.717, 1.165) is 25.2 Å². The van der Waals surface area contributed by atoms with E-state index < -0.39 is 0 Å². The fourth-order valence-electron chi connectivity index (χ4n) is 2.67. The van der Waals surface area contributed by atoms with Gasteiger partial charge in [-0.15, -0.1) is 0 Å². The molecule has 2 heterocycles. The normalized spacial score (nSPS) is 16.0. The number of hydrogen-bond donors (Lipinski definition) is 2. The Morgan fingerprint density at radius 2 is 2.14 bits per heavy atom. The Bertz CT molecular complexity index is 619. The molecule has 1 amide bonds. The first-order valence-electron chi connectivity index (χ1n) is 7.76. The highest BCUT2D eigenvalue weighted by Gasteiger charge is 2.28. The van der Waals surface area contributed by atoms with Crippen LogP contribution in [0, 0.1) is 11.8 Å². The molecule has 1 saturated heterocycles. The molecule has 2 aromatic rings. The highest BCUT2D eigenvalue weighted by Crippen LogP contribution is 2.16. The van der Waals surface area contributed by atoms with E-state index in [1.165, 1.54) is 5.56 Å². The summed E-state index contributed by atoms with van der Waals surface area (Å²) < 4.78 is 1.89. The lowest BCUT2D eigenvalue weighted by atomic mass is 9.88. The number of benzene rings is 1. The zero-order valence-electron chi connectivity index (χ0n) is 12.8. The summed E-state index contributed by atoms with van der Waals surface area (Å²) in [6.45, 7) is 5.20. The second kappa shape index (κ2) is 6.75. The lowest BCUT2D eigenvalue weighted by Gasteiger charge is -2.31. The van der Waals surface area contributed by atoms with E-state index in [1.807, 2.05) is 36.0 Å². The van der Waals surface area contributed by atoms with Crippen LogP contribution >= 0.6 is 0 Å². The number of nitrogens with one attached hydrogen (secondary N) is 2. The smallest absolute Gasteiger partial charge is 0.223 e. The number of hydrogen-bond acceptors (Lipinski definition) is 3. The lowest BCUT2D eigenvalue weighted by Crippen LogP contribution is -2.49. The number of carbonyl (C=O) groups is 1. The van der Waals surface area contributed by atoms with Gasteiger partial charge in [0.2, 0.25) is 5.91 Å². The Morgan fingerprint density at radius 3 is 2.77 bits per heavy atom. The molecule has 5 heteroatoms. The van der Waals surface area contributed by atoms with Crippen LogP contribution in [-0.2, 0) is 17.9 Å². The molecule has 5 nitrogen and oxygen atoms in total. The van der Waals surface area contributed by atoms with Crippen molar-refractivity contribution in [2.75, 3.05) is 13.1 Å². The van der Waals surface area contributed by atoms with Crippen LogP contribution < -0.4 is 10.6 Å². The van der Waals surface area contributed by atoms with Gasteiger partial charge in [-0.3, -0.25) is 9.48 Å². The van der Waals surface area contributed by atoms with Crippen molar-refractivity contribution < 1.29 is 4.79 Å². The second-order valence-electron chi connectivity index (χ2n) is 5.90. The Morgan fingerprint density at radius 1 is 1.36 bits per heavy atom. The zero-order chi connectivity index (χ0) is 15.4. The zero-order valence-corrected chi connectivity index (χ0v) is 12.8. The number of rotatable bonds is 6. The largest absolute Gasteiger partial charge is 0.352 e. The highest BCUT2D eigenvalue weighted by atomic mass is 16.1. The summed E-state index contributed by atoms with van der Waals surface area (Å²) in [4.78, 5) is 12.2. The molecule has 2 N–H and O–H groups in total. The van der Waals surface area contributed by atoms with Gasteiger partial charge in [0.15, 0.2) is 0 Å². The van der Waals surface area contributed by atoms with Crippen LogP contribution in [0.1, 0.15) is 18.1 Å². The molecule has 3 rings (SSSR count). The first kappa shape index (κ1) is 14.8. The molecule has 1 aromatic carbocycles. The van der Waals surface area contributed by atoms with Crippen LogP contribution in [0.3, 0.4) is 0 Å². The van der Waals surface area contributed by atoms with Crippen molar-refractivity contribution in [3.05, 3.63) is 53.9 Å². The number of nitrogens with zero attached hydrogens (tertiary/aromatic N) is 2. The maximum atomic E-state index is 12.2. The molecule has 0 saturated carbocycles. The van der Waals surface area contributed by atoms with Gasteiger partial charge in [0, 0.05) is 24.9 Å². The molecule has 1 aliphatic rings. The van der Waals surface area contributed by atoms with Gasteiger partial charge < -0.3 is 10.6 Å². The summed E-state index contributed by atoms with van der Waals surface area (Å²) in [5.41, 5.74) is 2.33. The number of aromatic nitrogens is 2. The van der Waals surface area contributed by atoms with Crippen molar-refractivity contribution in [2.24, 2.45) is 11.8 Å². The van der Waals surface area contributed by atoms with Crippen LogP contribution in [0.4, 0.5) is 0 Å². The molecular weight excluding hydrogens is 276 g/mol. The molecule has 1 unspecified atom stereocenters. The Kier molecular flexibility index (Phi) is 4.53. The van der Waals surface area contributed by atoms with Gasteiger partial charge in [-0.2, -0.15) is 5.10 Å². The third-order valence-corrected chi connectivity index (χ3v) is 4.40. The third-order valence-electron chi connectivity index (χ3n) is 4.40. The highest BCUT2D eigenvalue weighted by molar-refractivity contribution is 5.78. The van der Waals surface area contributed by atoms with E-state index in [4.69, 9.17) is 0 Å². The maximum Gasteiger partial charge on any atom is 0.223 e. The molecule has 1 atom stereocenters. The molecule has 0 spiro atoms. The van der Waals surface area contributed by atoms with E-state index in [9.17, 15) is 4.79 Å². The molecule has 1 aromatic heterocycles. The van der Waals surface area contributed by atoms with Gasteiger partial charge >= 0.3 is 0 Å². The van der Waals surface area contributed by atoms with Crippen LogP contribution in [0.2, 0.25) is 0 Å². The Hall–Kier alpha value is -2.14. The molecule has 0 aliphatic carbocycles. The topological polar surface area (TPSA) is 59.0 Å².